The van der Waals surface area contributed by atoms with Crippen molar-refractivity contribution in [2.45, 2.75) is 79.5 Å². The van der Waals surface area contributed by atoms with E-state index < -0.39 is 6.10 Å². The quantitative estimate of drug-likeness (QED) is 0.512. The van der Waals surface area contributed by atoms with E-state index in [0.717, 1.165) is 47.7 Å². The molecule has 1 unspecified atom stereocenters. The van der Waals surface area contributed by atoms with E-state index >= 15 is 0 Å². The number of carbonyl (C=O) groups excluding carboxylic acids is 2. The number of allylic oxidation sites excluding steroid dienone is 4. The lowest BCUT2D eigenvalue weighted by Gasteiger charge is -2.30. The molecule has 2 N–H and O–H groups in total. The van der Waals surface area contributed by atoms with Crippen LogP contribution in [-0.4, -0.2) is 54.2 Å². The molecule has 2 aliphatic heterocycles. The lowest BCUT2D eigenvalue weighted by atomic mass is 9.99. The fourth-order valence-electron chi connectivity index (χ4n) is 4.59. The molecule has 2 aromatic heterocycles. The fourth-order valence-corrected chi connectivity index (χ4v) is 4.59. The van der Waals surface area contributed by atoms with Crippen molar-refractivity contribution in [2.24, 2.45) is 5.92 Å². The Labute approximate surface area is 225 Å². The van der Waals surface area contributed by atoms with Crippen LogP contribution in [0.25, 0.3) is 5.57 Å². The Bertz CT molecular complexity index is 1230. The van der Waals surface area contributed by atoms with Crippen LogP contribution in [0.5, 0.6) is 0 Å². The van der Waals surface area contributed by atoms with Gasteiger partial charge in [0.25, 0.3) is 11.8 Å². The third-order valence-electron chi connectivity index (χ3n) is 6.50. The van der Waals surface area contributed by atoms with Gasteiger partial charge in [0.05, 0.1) is 0 Å². The van der Waals surface area contributed by atoms with Gasteiger partial charge in [-0.2, -0.15) is 0 Å². The van der Waals surface area contributed by atoms with Gasteiger partial charge in [0.15, 0.2) is 5.82 Å². The molecule has 2 aliphatic rings. The molecule has 1 atom stereocenters. The zero-order valence-electron chi connectivity index (χ0n) is 23.2. The van der Waals surface area contributed by atoms with Gasteiger partial charge in [-0.1, -0.05) is 46.4 Å². The fraction of sp³-hybridized carbons (Fsp3) is 0.483. The van der Waals surface area contributed by atoms with Crippen LogP contribution in [0.15, 0.2) is 42.8 Å². The number of nitrogens with zero attached hydrogens (tertiary/aromatic N) is 5. The highest BCUT2D eigenvalue weighted by atomic mass is 16.3. The normalized spacial score (nSPS) is 15.6. The van der Waals surface area contributed by atoms with E-state index in [2.05, 4.69) is 31.6 Å². The van der Waals surface area contributed by atoms with Crippen LogP contribution in [-0.2, 0) is 30.7 Å². The molecular weight excluding hydrogens is 480 g/mol. The second-order valence-electron chi connectivity index (χ2n) is 9.88. The van der Waals surface area contributed by atoms with Crippen LogP contribution >= 0.6 is 0 Å². The molecule has 0 saturated heterocycles. The Balaban J connectivity index is 0.00000195. The monoisotopic (exact) mass is 520 g/mol. The Morgan fingerprint density at radius 1 is 1.18 bits per heavy atom. The first-order valence-electron chi connectivity index (χ1n) is 13.4. The highest BCUT2D eigenvalue weighted by molar-refractivity contribution is 5.94. The number of amides is 2. The Kier molecular flexibility index (Phi) is 10.1. The molecule has 2 aromatic rings. The van der Waals surface area contributed by atoms with E-state index in [0.29, 0.717) is 31.6 Å². The first-order chi connectivity index (χ1) is 18.2. The van der Waals surface area contributed by atoms with Gasteiger partial charge in [-0.3, -0.25) is 14.6 Å². The zero-order valence-corrected chi connectivity index (χ0v) is 23.2. The van der Waals surface area contributed by atoms with Gasteiger partial charge in [-0.05, 0) is 60.9 Å². The minimum Gasteiger partial charge on any atom is -0.383 e. The molecule has 0 aromatic carbocycles. The third kappa shape index (κ3) is 7.04. The summed E-state index contributed by atoms with van der Waals surface area (Å²) in [7, 11) is 0. The van der Waals surface area contributed by atoms with E-state index in [4.69, 9.17) is 0 Å². The summed E-state index contributed by atoms with van der Waals surface area (Å²) in [5.41, 5.74) is 3.55. The van der Waals surface area contributed by atoms with Gasteiger partial charge >= 0.3 is 0 Å². The Morgan fingerprint density at radius 3 is 2.68 bits per heavy atom. The number of carbonyl (C=O) groups is 2. The van der Waals surface area contributed by atoms with Gasteiger partial charge < -0.3 is 19.9 Å². The third-order valence-corrected chi connectivity index (χ3v) is 6.50. The number of aromatic nitrogens is 4. The summed E-state index contributed by atoms with van der Waals surface area (Å²) in [4.78, 5) is 31.4. The van der Waals surface area contributed by atoms with Crippen LogP contribution in [0.1, 0.15) is 80.7 Å². The number of aliphatic hydroxyl groups excluding tert-OH is 1. The van der Waals surface area contributed by atoms with E-state index in [-0.39, 0.29) is 23.4 Å². The maximum Gasteiger partial charge on any atom is 0.274 e. The van der Waals surface area contributed by atoms with E-state index in [1.54, 1.807) is 23.2 Å². The molecule has 0 bridgehead atoms. The van der Waals surface area contributed by atoms with Crippen molar-refractivity contribution in [2.75, 3.05) is 6.54 Å². The standard InChI is InChI=1S/C27H34N6O3.C2H6/c1-17(2)13-23(34)27(36)32-12-10-20-15-28-22(14-21(20)16-32)26(35)29-19(4)8-5-7-18(3)25-31-30-24-9-6-11-33(24)25;1-2/h5,7-8,14-15,17,23,34H,4,6,9-13,16H2,1-3H3,(H,29,35);1-2H3/b8-5-,18-7+;. The van der Waals surface area contributed by atoms with Crippen LogP contribution in [0, 0.1) is 5.92 Å². The lowest BCUT2D eigenvalue weighted by Crippen LogP contribution is -2.42. The maximum absolute atomic E-state index is 12.8. The van der Waals surface area contributed by atoms with Gasteiger partial charge in [0, 0.05) is 37.9 Å². The number of rotatable bonds is 8. The van der Waals surface area contributed by atoms with Crippen molar-refractivity contribution in [1.82, 2.24) is 30.0 Å². The molecule has 4 heterocycles. The highest BCUT2D eigenvalue weighted by Crippen LogP contribution is 2.22. The van der Waals surface area contributed by atoms with Crippen LogP contribution in [0.4, 0.5) is 0 Å². The summed E-state index contributed by atoms with van der Waals surface area (Å²) < 4.78 is 2.14. The van der Waals surface area contributed by atoms with Gasteiger partial charge in [-0.15, -0.1) is 10.2 Å². The molecule has 2 amide bonds. The average molecular weight is 521 g/mol. The summed E-state index contributed by atoms with van der Waals surface area (Å²) in [6, 6.07) is 1.71. The summed E-state index contributed by atoms with van der Waals surface area (Å²) in [6.45, 7) is 15.7. The summed E-state index contributed by atoms with van der Waals surface area (Å²) in [6.07, 6.45) is 9.27. The molecule has 9 nitrogen and oxygen atoms in total. The molecule has 0 spiro atoms. The van der Waals surface area contributed by atoms with E-state index in [1.165, 1.54) is 0 Å². The molecule has 38 heavy (non-hydrogen) atoms. The van der Waals surface area contributed by atoms with E-state index in [9.17, 15) is 14.7 Å². The number of nitrogens with one attached hydrogen (secondary N) is 1. The van der Waals surface area contributed by atoms with Crippen molar-refractivity contribution in [3.05, 3.63) is 71.2 Å². The number of fused-ring (bicyclic) bond motifs is 2. The predicted molar refractivity (Wildman–Crippen MR) is 148 cm³/mol. The van der Waals surface area contributed by atoms with Gasteiger partial charge in [0.1, 0.15) is 17.6 Å². The maximum atomic E-state index is 12.8. The molecule has 9 heteroatoms. The molecule has 0 saturated carbocycles. The molecule has 0 aliphatic carbocycles. The van der Waals surface area contributed by atoms with Crippen molar-refractivity contribution < 1.29 is 14.7 Å². The average Bonchev–Trinajstić information content (AvgIpc) is 3.52. The number of pyridine rings is 1. The number of aliphatic hydroxyl groups is 1. The minimum atomic E-state index is -1.00. The first-order valence-corrected chi connectivity index (χ1v) is 13.4. The molecule has 0 fully saturated rings. The second-order valence-corrected chi connectivity index (χ2v) is 9.88. The largest absolute Gasteiger partial charge is 0.383 e. The minimum absolute atomic E-state index is 0.227. The second kappa shape index (κ2) is 13.3. The highest BCUT2D eigenvalue weighted by Gasteiger charge is 2.27. The SMILES string of the molecule is C=C(/C=C\C=C(/C)c1nnc2n1CCC2)NC(=O)c1cc2c(cn1)CCN(C(=O)C(O)CC(C)C)C2.CC. The van der Waals surface area contributed by atoms with Gasteiger partial charge in [-0.25, -0.2) is 0 Å². The predicted octanol–water partition coefficient (Wildman–Crippen LogP) is 3.84. The Hall–Kier alpha value is -3.59. The zero-order chi connectivity index (χ0) is 27.8. The first kappa shape index (κ1) is 29.0. The van der Waals surface area contributed by atoms with Crippen LogP contribution < -0.4 is 5.32 Å². The summed E-state index contributed by atoms with van der Waals surface area (Å²) in [5.74, 6) is 1.48. The summed E-state index contributed by atoms with van der Waals surface area (Å²) >= 11 is 0. The topological polar surface area (TPSA) is 113 Å². The van der Waals surface area contributed by atoms with Crippen molar-refractivity contribution in [1.29, 1.82) is 0 Å². The molecule has 204 valence electrons. The van der Waals surface area contributed by atoms with Crippen LogP contribution in [0.3, 0.4) is 0 Å². The van der Waals surface area contributed by atoms with Crippen molar-refractivity contribution in [3.8, 4) is 0 Å². The summed E-state index contributed by atoms with van der Waals surface area (Å²) in [5, 5.41) is 21.5. The number of hydrogen-bond acceptors (Lipinski definition) is 6. The lowest BCUT2D eigenvalue weighted by molar-refractivity contribution is -0.141. The van der Waals surface area contributed by atoms with Crippen molar-refractivity contribution in [3.63, 3.8) is 0 Å². The molecular formula is C29H40N6O3. The van der Waals surface area contributed by atoms with Crippen molar-refractivity contribution >= 4 is 17.4 Å². The number of hydrogen-bond donors (Lipinski definition) is 2. The molecule has 4 rings (SSSR count). The smallest absolute Gasteiger partial charge is 0.274 e. The van der Waals surface area contributed by atoms with Gasteiger partial charge in [0.2, 0.25) is 0 Å². The number of aryl methyl sites for hydroxylation is 1. The molecule has 0 radical (unpaired) electrons. The Morgan fingerprint density at radius 2 is 1.95 bits per heavy atom. The van der Waals surface area contributed by atoms with E-state index in [1.807, 2.05) is 46.8 Å². The van der Waals surface area contributed by atoms with Crippen LogP contribution in [0.2, 0.25) is 0 Å².